The van der Waals surface area contributed by atoms with E-state index in [4.69, 9.17) is 0 Å². The topological polar surface area (TPSA) is 79.8 Å². The van der Waals surface area contributed by atoms with Gasteiger partial charge in [-0.15, -0.1) is 0 Å². The largest absolute Gasteiger partial charge is 0.325 e. The van der Waals surface area contributed by atoms with E-state index in [2.05, 4.69) is 22.2 Å². The molecule has 1 unspecified atom stereocenters. The van der Waals surface area contributed by atoms with Gasteiger partial charge in [0.05, 0.1) is 6.33 Å². The number of H-pyrrole nitrogens is 1. The number of aromatic nitrogens is 3. The Labute approximate surface area is 157 Å². The summed E-state index contributed by atoms with van der Waals surface area (Å²) in [6.45, 7) is 2.18. The molecule has 1 aromatic carbocycles. The number of imidazole rings is 1. The molecule has 27 heavy (non-hydrogen) atoms. The monoisotopic (exact) mass is 362 g/mol. The Morgan fingerprint density at radius 3 is 3.04 bits per heavy atom. The summed E-state index contributed by atoms with van der Waals surface area (Å²) in [4.78, 5) is 32.1. The molecule has 138 valence electrons. The summed E-state index contributed by atoms with van der Waals surface area (Å²) in [6, 6.07) is 9.20. The van der Waals surface area contributed by atoms with E-state index in [1.54, 1.807) is 24.7 Å². The summed E-state index contributed by atoms with van der Waals surface area (Å²) in [7, 11) is 0. The predicted octanol–water partition coefficient (Wildman–Crippen LogP) is 3.33. The normalized spacial score (nSPS) is 16.0. The SMILES string of the molecule is CCC1CCc2[nH]c(=O)c(C(=O)Nc3cccc(-n4ccnc4)c3)cc2C1. The van der Waals surface area contributed by atoms with Crippen LogP contribution >= 0.6 is 0 Å². The number of nitrogens with one attached hydrogen (secondary N) is 2. The van der Waals surface area contributed by atoms with Crippen LogP contribution in [0.15, 0.2) is 53.8 Å². The number of rotatable bonds is 4. The van der Waals surface area contributed by atoms with E-state index in [1.807, 2.05) is 29.0 Å². The van der Waals surface area contributed by atoms with Crippen LogP contribution < -0.4 is 10.9 Å². The fraction of sp³-hybridized carbons (Fsp3) is 0.286. The zero-order valence-corrected chi connectivity index (χ0v) is 15.2. The van der Waals surface area contributed by atoms with Crippen molar-refractivity contribution in [1.82, 2.24) is 14.5 Å². The van der Waals surface area contributed by atoms with Gasteiger partial charge in [0.25, 0.3) is 11.5 Å². The summed E-state index contributed by atoms with van der Waals surface area (Å²) in [5, 5.41) is 2.84. The molecule has 0 radical (unpaired) electrons. The summed E-state index contributed by atoms with van der Waals surface area (Å²) in [5.74, 6) is 0.228. The molecule has 4 rings (SSSR count). The van der Waals surface area contributed by atoms with Crippen LogP contribution in [0.25, 0.3) is 5.69 Å². The van der Waals surface area contributed by atoms with E-state index >= 15 is 0 Å². The van der Waals surface area contributed by atoms with E-state index in [-0.39, 0.29) is 17.0 Å². The Hall–Kier alpha value is -3.15. The maximum atomic E-state index is 12.7. The second kappa shape index (κ2) is 7.23. The highest BCUT2D eigenvalue weighted by atomic mass is 16.2. The molecule has 1 amide bonds. The standard InChI is InChI=1S/C21H22N4O2/c1-2-14-6-7-19-15(10-14)11-18(21(27)24-19)20(26)23-16-4-3-5-17(12-16)25-9-8-22-13-25/h3-5,8-9,11-14H,2,6-7,10H2,1H3,(H,23,26)(H,24,27). The molecule has 2 aromatic heterocycles. The summed E-state index contributed by atoms with van der Waals surface area (Å²) in [6.07, 6.45) is 9.21. The van der Waals surface area contributed by atoms with Gasteiger partial charge in [-0.05, 0) is 55.0 Å². The van der Waals surface area contributed by atoms with E-state index in [9.17, 15) is 9.59 Å². The summed E-state index contributed by atoms with van der Waals surface area (Å²) in [5.41, 5.74) is 3.42. The first-order valence-electron chi connectivity index (χ1n) is 9.29. The summed E-state index contributed by atoms with van der Waals surface area (Å²) < 4.78 is 1.85. The number of aryl methyl sites for hydroxylation is 1. The van der Waals surface area contributed by atoms with Gasteiger partial charge >= 0.3 is 0 Å². The Morgan fingerprint density at radius 2 is 2.26 bits per heavy atom. The third-order valence-corrected chi connectivity index (χ3v) is 5.25. The minimum atomic E-state index is -0.388. The van der Waals surface area contributed by atoms with Gasteiger partial charge in [0.1, 0.15) is 5.56 Å². The van der Waals surface area contributed by atoms with Gasteiger partial charge < -0.3 is 14.9 Å². The Bertz CT molecular complexity index is 1020. The van der Waals surface area contributed by atoms with Crippen molar-refractivity contribution < 1.29 is 4.79 Å². The van der Waals surface area contributed by atoms with E-state index < -0.39 is 0 Å². The molecule has 3 aromatic rings. The zero-order valence-electron chi connectivity index (χ0n) is 15.2. The Morgan fingerprint density at radius 1 is 1.37 bits per heavy atom. The van der Waals surface area contributed by atoms with Crippen molar-refractivity contribution in [1.29, 1.82) is 0 Å². The minimum absolute atomic E-state index is 0.165. The van der Waals surface area contributed by atoms with Crippen molar-refractivity contribution in [3.63, 3.8) is 0 Å². The van der Waals surface area contributed by atoms with Crippen molar-refractivity contribution in [2.24, 2.45) is 5.92 Å². The molecule has 0 aliphatic heterocycles. The average Bonchev–Trinajstić information content (AvgIpc) is 3.22. The van der Waals surface area contributed by atoms with E-state index in [0.29, 0.717) is 11.6 Å². The lowest BCUT2D eigenvalue weighted by molar-refractivity contribution is 0.102. The van der Waals surface area contributed by atoms with Crippen molar-refractivity contribution in [2.75, 3.05) is 5.32 Å². The number of amides is 1. The smallest absolute Gasteiger partial charge is 0.261 e. The zero-order chi connectivity index (χ0) is 18.8. The second-order valence-corrected chi connectivity index (χ2v) is 7.01. The van der Waals surface area contributed by atoms with Crippen LogP contribution in [0.2, 0.25) is 0 Å². The lowest BCUT2D eigenvalue weighted by Gasteiger charge is -2.23. The van der Waals surface area contributed by atoms with Gasteiger partial charge in [-0.3, -0.25) is 9.59 Å². The number of aromatic amines is 1. The van der Waals surface area contributed by atoms with E-state index in [0.717, 1.165) is 42.6 Å². The van der Waals surface area contributed by atoms with Gasteiger partial charge in [0, 0.05) is 29.5 Å². The quantitative estimate of drug-likeness (QED) is 0.747. The van der Waals surface area contributed by atoms with Crippen LogP contribution in [-0.4, -0.2) is 20.4 Å². The van der Waals surface area contributed by atoms with Crippen molar-refractivity contribution >= 4 is 11.6 Å². The first-order valence-corrected chi connectivity index (χ1v) is 9.29. The van der Waals surface area contributed by atoms with Crippen molar-refractivity contribution in [2.45, 2.75) is 32.6 Å². The number of fused-ring (bicyclic) bond motifs is 1. The second-order valence-electron chi connectivity index (χ2n) is 7.01. The fourth-order valence-corrected chi connectivity index (χ4v) is 3.65. The number of carbonyl (C=O) groups is 1. The van der Waals surface area contributed by atoms with Crippen LogP contribution in [0.1, 0.15) is 41.4 Å². The number of anilines is 1. The minimum Gasteiger partial charge on any atom is -0.325 e. The molecule has 0 spiro atoms. The van der Waals surface area contributed by atoms with Gasteiger partial charge in [-0.2, -0.15) is 0 Å². The van der Waals surface area contributed by atoms with Crippen LogP contribution in [0.4, 0.5) is 5.69 Å². The van der Waals surface area contributed by atoms with Gasteiger partial charge in [0.2, 0.25) is 0 Å². The molecule has 0 saturated carbocycles. The lowest BCUT2D eigenvalue weighted by atomic mass is 9.84. The van der Waals surface area contributed by atoms with Crippen molar-refractivity contribution in [3.05, 3.63) is 76.2 Å². The molecule has 2 heterocycles. The molecule has 1 aliphatic carbocycles. The first kappa shape index (κ1) is 17.3. The van der Waals surface area contributed by atoms with Gasteiger partial charge in [-0.25, -0.2) is 4.98 Å². The highest BCUT2D eigenvalue weighted by molar-refractivity contribution is 6.04. The number of carbonyl (C=O) groups excluding carboxylic acids is 1. The molecule has 2 N–H and O–H groups in total. The lowest BCUT2D eigenvalue weighted by Crippen LogP contribution is -2.27. The highest BCUT2D eigenvalue weighted by Crippen LogP contribution is 2.26. The maximum absolute atomic E-state index is 12.7. The van der Waals surface area contributed by atoms with Crippen LogP contribution in [-0.2, 0) is 12.8 Å². The molecule has 6 nitrogen and oxygen atoms in total. The number of benzene rings is 1. The van der Waals surface area contributed by atoms with Crippen LogP contribution in [0.5, 0.6) is 0 Å². The highest BCUT2D eigenvalue weighted by Gasteiger charge is 2.21. The third kappa shape index (κ3) is 3.56. The fourth-order valence-electron chi connectivity index (χ4n) is 3.65. The van der Waals surface area contributed by atoms with Crippen molar-refractivity contribution in [3.8, 4) is 5.69 Å². The molecule has 6 heteroatoms. The molecule has 0 saturated heterocycles. The predicted molar refractivity (Wildman–Crippen MR) is 104 cm³/mol. The number of hydrogen-bond donors (Lipinski definition) is 2. The molecule has 1 atom stereocenters. The molecule has 1 aliphatic rings. The number of hydrogen-bond acceptors (Lipinski definition) is 3. The van der Waals surface area contributed by atoms with Crippen LogP contribution in [0, 0.1) is 5.92 Å². The Kier molecular flexibility index (Phi) is 4.62. The molecule has 0 bridgehead atoms. The number of pyridine rings is 1. The van der Waals surface area contributed by atoms with Crippen LogP contribution in [0.3, 0.4) is 0 Å². The van der Waals surface area contributed by atoms with Gasteiger partial charge in [-0.1, -0.05) is 19.4 Å². The van der Waals surface area contributed by atoms with E-state index in [1.165, 1.54) is 0 Å². The summed E-state index contributed by atoms with van der Waals surface area (Å²) >= 11 is 0. The molecular formula is C21H22N4O2. The average molecular weight is 362 g/mol. The molecule has 0 fully saturated rings. The number of nitrogens with zero attached hydrogens (tertiary/aromatic N) is 2. The molecular weight excluding hydrogens is 340 g/mol. The Balaban J connectivity index is 1.59. The van der Waals surface area contributed by atoms with Gasteiger partial charge in [0.15, 0.2) is 0 Å². The third-order valence-electron chi connectivity index (χ3n) is 5.25. The first-order chi connectivity index (χ1) is 13.1. The maximum Gasteiger partial charge on any atom is 0.261 e.